The number of aryl methyl sites for hydroxylation is 1. The maximum absolute atomic E-state index is 13.4. The van der Waals surface area contributed by atoms with E-state index in [2.05, 4.69) is 17.2 Å². The summed E-state index contributed by atoms with van der Waals surface area (Å²) in [6.07, 6.45) is 0.417. The van der Waals surface area contributed by atoms with Gasteiger partial charge in [-0.1, -0.05) is 11.8 Å². The van der Waals surface area contributed by atoms with Gasteiger partial charge in [0.2, 0.25) is 13.9 Å². The minimum atomic E-state index is -4.20. The van der Waals surface area contributed by atoms with Gasteiger partial charge in [0.05, 0.1) is 17.7 Å². The first-order valence-corrected chi connectivity index (χ1v) is 12.1. The maximum atomic E-state index is 13.4. The smallest absolute Gasteiger partial charge is 0.287 e. The summed E-state index contributed by atoms with van der Waals surface area (Å²) in [6.45, 7) is 1.73. The van der Waals surface area contributed by atoms with Gasteiger partial charge in [0.1, 0.15) is 5.75 Å². The highest BCUT2D eigenvalue weighted by molar-refractivity contribution is 8.25. The van der Waals surface area contributed by atoms with Crippen LogP contribution in [0.4, 0.5) is 10.5 Å². The molecule has 1 atom stereocenters. The highest BCUT2D eigenvalue weighted by atomic mass is 32.3. The standard InChI is InChI=1S/C22H21N2O7S2/c1-15-14-17(24(27)28)8-7-16(15)6-4-3-5-13-22(20(25)23-21(26)32-22)33(29,30)19-11-9-18(31-2)10-12-19/h7-12,14,27H,3,5,13H2,1-2H3,(H,23,25,26)/q-1. The number of ether oxygens (including phenoxy) is 1. The van der Waals surface area contributed by atoms with E-state index in [-0.39, 0.29) is 35.1 Å². The molecule has 0 radical (unpaired) electrons. The lowest BCUT2D eigenvalue weighted by Crippen LogP contribution is -2.43. The van der Waals surface area contributed by atoms with Crippen LogP contribution >= 0.6 is 11.8 Å². The van der Waals surface area contributed by atoms with E-state index >= 15 is 0 Å². The Kier molecular flexibility index (Phi) is 7.34. The second-order valence-electron chi connectivity index (χ2n) is 7.20. The number of benzene rings is 2. The second kappa shape index (κ2) is 9.84. The summed E-state index contributed by atoms with van der Waals surface area (Å²) in [7, 11) is -2.75. The molecule has 33 heavy (non-hydrogen) atoms. The molecule has 1 unspecified atom stereocenters. The number of anilines is 1. The molecule has 1 saturated heterocycles. The number of unbranched alkanes of at least 4 members (excludes halogenated alkanes) is 1. The van der Waals surface area contributed by atoms with Crippen LogP contribution in [0.1, 0.15) is 30.4 Å². The van der Waals surface area contributed by atoms with Gasteiger partial charge in [-0.3, -0.25) is 20.1 Å². The fraction of sp³-hybridized carbons (Fsp3) is 0.273. The topological polar surface area (TPSA) is 136 Å². The number of sulfone groups is 1. The predicted molar refractivity (Wildman–Crippen MR) is 124 cm³/mol. The minimum Gasteiger partial charge on any atom is -0.733 e. The SMILES string of the molecule is COc1ccc(S(=O)(=O)C2(CCCC#Cc3ccc(N([O-])O)cc3C)SC(=O)NC2=O)cc1. The van der Waals surface area contributed by atoms with Crippen LogP contribution < -0.4 is 15.3 Å². The van der Waals surface area contributed by atoms with Crippen molar-refractivity contribution in [2.24, 2.45) is 0 Å². The molecule has 2 amide bonds. The Morgan fingerprint density at radius 1 is 1.21 bits per heavy atom. The fourth-order valence-corrected chi connectivity index (χ4v) is 6.68. The highest BCUT2D eigenvalue weighted by Crippen LogP contribution is 2.44. The summed E-state index contributed by atoms with van der Waals surface area (Å²) >= 11 is 0.469. The largest absolute Gasteiger partial charge is 0.733 e. The number of nitrogens with one attached hydrogen (secondary N) is 1. The van der Waals surface area contributed by atoms with Gasteiger partial charge in [0.25, 0.3) is 11.1 Å². The van der Waals surface area contributed by atoms with Crippen LogP contribution in [-0.2, 0) is 14.6 Å². The van der Waals surface area contributed by atoms with Crippen LogP contribution in [-0.4, -0.2) is 36.0 Å². The number of amides is 2. The number of imide groups is 1. The van der Waals surface area contributed by atoms with Crippen LogP contribution in [0.5, 0.6) is 5.75 Å². The van der Waals surface area contributed by atoms with Crippen LogP contribution in [0.15, 0.2) is 47.4 Å². The molecule has 0 bridgehead atoms. The van der Waals surface area contributed by atoms with Gasteiger partial charge in [0.15, 0.2) is 0 Å². The molecule has 2 aromatic carbocycles. The molecule has 2 N–H and O–H groups in total. The Balaban J connectivity index is 1.78. The van der Waals surface area contributed by atoms with E-state index in [4.69, 9.17) is 9.94 Å². The third-order valence-electron chi connectivity index (χ3n) is 5.08. The summed E-state index contributed by atoms with van der Waals surface area (Å²) in [4.78, 5) is 24.4. The quantitative estimate of drug-likeness (QED) is 0.341. The summed E-state index contributed by atoms with van der Waals surface area (Å²) in [5.74, 6) is 5.45. The molecule has 0 saturated carbocycles. The van der Waals surface area contributed by atoms with Crippen LogP contribution in [0.25, 0.3) is 0 Å². The van der Waals surface area contributed by atoms with E-state index in [0.29, 0.717) is 28.6 Å². The third kappa shape index (κ3) is 4.99. The zero-order chi connectivity index (χ0) is 24.2. The number of nitrogens with zero attached hydrogens (tertiary/aromatic N) is 1. The van der Waals surface area contributed by atoms with E-state index in [0.717, 1.165) is 0 Å². The molecule has 9 nitrogen and oxygen atoms in total. The van der Waals surface area contributed by atoms with Crippen LogP contribution in [0.2, 0.25) is 0 Å². The lowest BCUT2D eigenvalue weighted by atomic mass is 10.1. The van der Waals surface area contributed by atoms with Gasteiger partial charge in [-0.05, 0) is 79.6 Å². The summed E-state index contributed by atoms with van der Waals surface area (Å²) < 4.78 is 29.8. The van der Waals surface area contributed by atoms with Gasteiger partial charge in [-0.25, -0.2) is 8.42 Å². The molecule has 0 aliphatic carbocycles. The predicted octanol–water partition coefficient (Wildman–Crippen LogP) is 3.37. The van der Waals surface area contributed by atoms with Gasteiger partial charge < -0.3 is 15.2 Å². The summed E-state index contributed by atoms with van der Waals surface area (Å²) in [5.41, 5.74) is 1.41. The maximum Gasteiger partial charge on any atom is 0.287 e. The number of carbonyl (C=O) groups excluding carboxylic acids is 2. The van der Waals surface area contributed by atoms with Crippen molar-refractivity contribution in [3.8, 4) is 17.6 Å². The molecule has 1 aliphatic heterocycles. The molecule has 0 aromatic heterocycles. The van der Waals surface area contributed by atoms with E-state index in [1.54, 1.807) is 13.0 Å². The van der Waals surface area contributed by atoms with E-state index in [1.807, 2.05) is 0 Å². The Morgan fingerprint density at radius 3 is 2.45 bits per heavy atom. The number of hydrogen-bond acceptors (Lipinski definition) is 9. The van der Waals surface area contributed by atoms with Crippen molar-refractivity contribution < 1.29 is 28.0 Å². The van der Waals surface area contributed by atoms with Crippen molar-refractivity contribution >= 4 is 38.4 Å². The fourth-order valence-electron chi connectivity index (χ4n) is 3.30. The molecule has 1 aliphatic rings. The van der Waals surface area contributed by atoms with Crippen LogP contribution in [0, 0.1) is 24.0 Å². The van der Waals surface area contributed by atoms with Crippen molar-refractivity contribution in [2.45, 2.75) is 35.2 Å². The lowest BCUT2D eigenvalue weighted by molar-refractivity contribution is -0.120. The second-order valence-corrected chi connectivity index (χ2v) is 10.9. The number of thioether (sulfide) groups is 1. The summed E-state index contributed by atoms with van der Waals surface area (Å²) in [6, 6.07) is 10.1. The van der Waals surface area contributed by atoms with Gasteiger partial charge >= 0.3 is 0 Å². The first-order chi connectivity index (χ1) is 15.6. The molecular formula is C22H21N2O7S2-. The lowest BCUT2D eigenvalue weighted by Gasteiger charge is -2.24. The van der Waals surface area contributed by atoms with E-state index in [9.17, 15) is 23.2 Å². The summed E-state index contributed by atoms with van der Waals surface area (Å²) in [5, 5.41) is 21.0. The minimum absolute atomic E-state index is 0.0812. The Morgan fingerprint density at radius 2 is 1.91 bits per heavy atom. The molecule has 2 aromatic rings. The number of hydrogen-bond donors (Lipinski definition) is 2. The first-order valence-electron chi connectivity index (χ1n) is 9.79. The molecular weight excluding hydrogens is 468 g/mol. The van der Waals surface area contributed by atoms with Crippen molar-refractivity contribution in [3.05, 3.63) is 58.8 Å². The third-order valence-corrected chi connectivity index (χ3v) is 9.15. The first kappa shape index (κ1) is 24.6. The van der Waals surface area contributed by atoms with E-state index in [1.165, 1.54) is 43.5 Å². The van der Waals surface area contributed by atoms with Gasteiger partial charge in [-0.15, -0.1) is 0 Å². The van der Waals surface area contributed by atoms with Crippen LogP contribution in [0.3, 0.4) is 0 Å². The highest BCUT2D eigenvalue weighted by Gasteiger charge is 2.57. The number of rotatable bonds is 7. The molecule has 1 heterocycles. The molecule has 1 fully saturated rings. The monoisotopic (exact) mass is 489 g/mol. The number of carbonyl (C=O) groups is 2. The Bertz CT molecular complexity index is 1230. The average molecular weight is 490 g/mol. The molecule has 0 spiro atoms. The average Bonchev–Trinajstić information content (AvgIpc) is 3.08. The Hall–Kier alpha value is -3.04. The normalized spacial score (nSPS) is 17.8. The zero-order valence-corrected chi connectivity index (χ0v) is 19.5. The van der Waals surface area contributed by atoms with Gasteiger partial charge in [0, 0.05) is 12.0 Å². The van der Waals surface area contributed by atoms with Gasteiger partial charge in [-0.2, -0.15) is 0 Å². The van der Waals surface area contributed by atoms with Crippen molar-refractivity contribution in [2.75, 3.05) is 12.3 Å². The van der Waals surface area contributed by atoms with Crippen molar-refractivity contribution in [1.29, 1.82) is 0 Å². The Labute approximate surface area is 195 Å². The molecule has 3 rings (SSSR count). The number of methoxy groups -OCH3 is 1. The zero-order valence-electron chi connectivity index (χ0n) is 17.8. The van der Waals surface area contributed by atoms with Crippen molar-refractivity contribution in [1.82, 2.24) is 5.32 Å². The van der Waals surface area contributed by atoms with E-state index < -0.39 is 25.1 Å². The molecule has 11 heteroatoms. The van der Waals surface area contributed by atoms with Crippen molar-refractivity contribution in [3.63, 3.8) is 0 Å². The molecule has 174 valence electrons.